The lowest BCUT2D eigenvalue weighted by molar-refractivity contribution is -0.131. The van der Waals surface area contributed by atoms with E-state index in [1.807, 2.05) is 11.9 Å². The van der Waals surface area contributed by atoms with Crippen molar-refractivity contribution in [2.75, 3.05) is 24.9 Å². The molecule has 0 aliphatic heterocycles. The molecule has 0 saturated heterocycles. The number of rotatable bonds is 8. The zero-order chi connectivity index (χ0) is 11.7. The SMILES string of the molecule is CCC(CSC)N(C)C(=O)CCCCCl. The third-order valence-electron chi connectivity index (χ3n) is 2.55. The summed E-state index contributed by atoms with van der Waals surface area (Å²) >= 11 is 7.37. The average molecular weight is 252 g/mol. The van der Waals surface area contributed by atoms with Crippen molar-refractivity contribution in [2.24, 2.45) is 0 Å². The first-order valence-corrected chi connectivity index (χ1v) is 7.40. The van der Waals surface area contributed by atoms with Gasteiger partial charge in [0.1, 0.15) is 0 Å². The summed E-state index contributed by atoms with van der Waals surface area (Å²) in [6, 6.07) is 0.378. The largest absolute Gasteiger partial charge is 0.342 e. The van der Waals surface area contributed by atoms with E-state index in [4.69, 9.17) is 11.6 Å². The summed E-state index contributed by atoms with van der Waals surface area (Å²) in [5.41, 5.74) is 0. The van der Waals surface area contributed by atoms with E-state index in [-0.39, 0.29) is 5.91 Å². The summed E-state index contributed by atoms with van der Waals surface area (Å²) in [4.78, 5) is 13.7. The van der Waals surface area contributed by atoms with Gasteiger partial charge in [0.2, 0.25) is 5.91 Å². The second-order valence-corrected chi connectivity index (χ2v) is 4.96. The Morgan fingerprint density at radius 2 is 2.13 bits per heavy atom. The van der Waals surface area contributed by atoms with E-state index in [0.717, 1.165) is 25.0 Å². The van der Waals surface area contributed by atoms with Crippen molar-refractivity contribution in [2.45, 2.75) is 38.6 Å². The summed E-state index contributed by atoms with van der Waals surface area (Å²) in [6.07, 6.45) is 5.57. The van der Waals surface area contributed by atoms with Crippen LogP contribution in [0.2, 0.25) is 0 Å². The van der Waals surface area contributed by atoms with Crippen molar-refractivity contribution >= 4 is 29.3 Å². The molecule has 0 aliphatic rings. The molecular weight excluding hydrogens is 230 g/mol. The molecule has 0 saturated carbocycles. The number of alkyl halides is 1. The molecule has 0 N–H and O–H groups in total. The maximum absolute atomic E-state index is 11.8. The van der Waals surface area contributed by atoms with Gasteiger partial charge in [0.25, 0.3) is 0 Å². The first-order chi connectivity index (χ1) is 7.17. The molecular formula is C11H22ClNOS. The maximum atomic E-state index is 11.8. The van der Waals surface area contributed by atoms with Crippen LogP contribution >= 0.6 is 23.4 Å². The Kier molecular flexibility index (Phi) is 9.41. The Hall–Kier alpha value is 0.110. The van der Waals surface area contributed by atoms with E-state index in [2.05, 4.69) is 13.2 Å². The molecule has 0 fully saturated rings. The minimum absolute atomic E-state index is 0.251. The van der Waals surface area contributed by atoms with E-state index >= 15 is 0 Å². The smallest absolute Gasteiger partial charge is 0.222 e. The normalized spacial score (nSPS) is 12.5. The highest BCUT2D eigenvalue weighted by Gasteiger charge is 2.16. The fourth-order valence-electron chi connectivity index (χ4n) is 1.45. The highest BCUT2D eigenvalue weighted by molar-refractivity contribution is 7.98. The fraction of sp³-hybridized carbons (Fsp3) is 0.909. The Morgan fingerprint density at radius 1 is 1.47 bits per heavy atom. The lowest BCUT2D eigenvalue weighted by Crippen LogP contribution is -2.38. The van der Waals surface area contributed by atoms with Crippen LogP contribution < -0.4 is 0 Å². The highest BCUT2D eigenvalue weighted by Crippen LogP contribution is 2.11. The van der Waals surface area contributed by atoms with Crippen molar-refractivity contribution in [3.63, 3.8) is 0 Å². The van der Waals surface area contributed by atoms with Crippen molar-refractivity contribution in [3.8, 4) is 0 Å². The molecule has 1 atom stereocenters. The van der Waals surface area contributed by atoms with Gasteiger partial charge in [0.15, 0.2) is 0 Å². The van der Waals surface area contributed by atoms with Crippen molar-refractivity contribution in [3.05, 3.63) is 0 Å². The Morgan fingerprint density at radius 3 is 2.60 bits per heavy atom. The zero-order valence-electron chi connectivity index (χ0n) is 9.96. The molecule has 1 amide bonds. The number of unbranched alkanes of at least 4 members (excludes halogenated alkanes) is 1. The molecule has 0 rings (SSSR count). The third kappa shape index (κ3) is 6.31. The van der Waals surface area contributed by atoms with E-state index in [0.29, 0.717) is 18.3 Å². The van der Waals surface area contributed by atoms with Crippen molar-refractivity contribution in [1.82, 2.24) is 4.90 Å². The molecule has 2 nitrogen and oxygen atoms in total. The van der Waals surface area contributed by atoms with Gasteiger partial charge in [0.05, 0.1) is 0 Å². The Labute approximate surface area is 103 Å². The Balaban J connectivity index is 3.92. The van der Waals surface area contributed by atoms with Gasteiger partial charge < -0.3 is 4.90 Å². The molecule has 90 valence electrons. The van der Waals surface area contributed by atoms with Crippen LogP contribution in [0.5, 0.6) is 0 Å². The van der Waals surface area contributed by atoms with Crippen LogP contribution in [-0.2, 0) is 4.79 Å². The number of amides is 1. The lowest BCUT2D eigenvalue weighted by Gasteiger charge is -2.26. The molecule has 0 radical (unpaired) electrons. The second kappa shape index (κ2) is 9.34. The number of hydrogen-bond acceptors (Lipinski definition) is 2. The minimum Gasteiger partial charge on any atom is -0.342 e. The second-order valence-electron chi connectivity index (χ2n) is 3.67. The lowest BCUT2D eigenvalue weighted by atomic mass is 10.2. The van der Waals surface area contributed by atoms with Crippen LogP contribution in [0.25, 0.3) is 0 Å². The number of carbonyl (C=O) groups is 1. The van der Waals surface area contributed by atoms with Crippen LogP contribution in [0.1, 0.15) is 32.6 Å². The molecule has 15 heavy (non-hydrogen) atoms. The predicted octanol–water partition coefficient (Wildman–Crippen LogP) is 3.00. The fourth-order valence-corrected chi connectivity index (χ4v) is 2.48. The number of halogens is 1. The van der Waals surface area contributed by atoms with Crippen molar-refractivity contribution < 1.29 is 4.79 Å². The van der Waals surface area contributed by atoms with Gasteiger partial charge in [-0.1, -0.05) is 6.92 Å². The summed E-state index contributed by atoms with van der Waals surface area (Å²) in [6.45, 7) is 2.13. The summed E-state index contributed by atoms with van der Waals surface area (Å²) in [5, 5.41) is 0. The number of hydrogen-bond donors (Lipinski definition) is 0. The van der Waals surface area contributed by atoms with E-state index in [1.54, 1.807) is 11.8 Å². The maximum Gasteiger partial charge on any atom is 0.222 e. The van der Waals surface area contributed by atoms with E-state index < -0.39 is 0 Å². The van der Waals surface area contributed by atoms with Crippen LogP contribution in [0.4, 0.5) is 0 Å². The van der Waals surface area contributed by atoms with Gasteiger partial charge in [-0.15, -0.1) is 11.6 Å². The van der Waals surface area contributed by atoms with Crippen LogP contribution in [-0.4, -0.2) is 41.8 Å². The zero-order valence-corrected chi connectivity index (χ0v) is 11.5. The van der Waals surface area contributed by atoms with Crippen LogP contribution in [0.3, 0.4) is 0 Å². The van der Waals surface area contributed by atoms with Gasteiger partial charge >= 0.3 is 0 Å². The summed E-state index contributed by atoms with van der Waals surface area (Å²) in [7, 11) is 1.91. The number of nitrogens with zero attached hydrogens (tertiary/aromatic N) is 1. The van der Waals surface area contributed by atoms with Gasteiger partial charge in [0, 0.05) is 31.1 Å². The van der Waals surface area contributed by atoms with Crippen molar-refractivity contribution in [1.29, 1.82) is 0 Å². The van der Waals surface area contributed by atoms with Crippen LogP contribution in [0, 0.1) is 0 Å². The first-order valence-electron chi connectivity index (χ1n) is 5.47. The summed E-state index contributed by atoms with van der Waals surface area (Å²) in [5.74, 6) is 1.92. The van der Waals surface area contributed by atoms with E-state index in [1.165, 1.54) is 0 Å². The van der Waals surface area contributed by atoms with Gasteiger partial charge in [-0.2, -0.15) is 11.8 Å². The van der Waals surface area contributed by atoms with Gasteiger partial charge in [-0.05, 0) is 25.5 Å². The highest BCUT2D eigenvalue weighted by atomic mass is 35.5. The molecule has 0 aromatic rings. The third-order valence-corrected chi connectivity index (χ3v) is 3.53. The standard InChI is InChI=1S/C11H22ClNOS/c1-4-10(9-15-3)13(2)11(14)7-5-6-8-12/h10H,4-9H2,1-3H3. The number of thioether (sulfide) groups is 1. The van der Waals surface area contributed by atoms with E-state index in [9.17, 15) is 4.79 Å². The Bertz CT molecular complexity index is 178. The first kappa shape index (κ1) is 15.1. The van der Waals surface area contributed by atoms with Gasteiger partial charge in [-0.3, -0.25) is 4.79 Å². The summed E-state index contributed by atoms with van der Waals surface area (Å²) < 4.78 is 0. The van der Waals surface area contributed by atoms with Gasteiger partial charge in [-0.25, -0.2) is 0 Å². The molecule has 1 unspecified atom stereocenters. The monoisotopic (exact) mass is 251 g/mol. The molecule has 4 heteroatoms. The minimum atomic E-state index is 0.251. The molecule has 0 spiro atoms. The predicted molar refractivity (Wildman–Crippen MR) is 69.8 cm³/mol. The molecule has 0 heterocycles. The molecule has 0 aromatic heterocycles. The average Bonchev–Trinajstić information content (AvgIpc) is 2.25. The van der Waals surface area contributed by atoms with Crippen LogP contribution in [0.15, 0.2) is 0 Å². The molecule has 0 aliphatic carbocycles. The molecule has 0 aromatic carbocycles. The quantitative estimate of drug-likeness (QED) is 0.488. The number of carbonyl (C=O) groups excluding carboxylic acids is 1. The topological polar surface area (TPSA) is 20.3 Å². The molecule has 0 bridgehead atoms.